The largest absolute Gasteiger partial charge is 0.508 e. The summed E-state index contributed by atoms with van der Waals surface area (Å²) in [7, 11) is 0. The number of ketones is 1. The van der Waals surface area contributed by atoms with Crippen molar-refractivity contribution in [3.05, 3.63) is 108 Å². The number of carbonyl (C=O) groups excluding carboxylic acids is 2. The molecular formula is C27H19NO5. The van der Waals surface area contributed by atoms with Crippen LogP contribution in [0.3, 0.4) is 0 Å². The van der Waals surface area contributed by atoms with Crippen LogP contribution < -0.4 is 4.90 Å². The van der Waals surface area contributed by atoms with Gasteiger partial charge in [0.1, 0.15) is 17.3 Å². The van der Waals surface area contributed by atoms with Crippen molar-refractivity contribution in [3.8, 4) is 11.5 Å². The number of phenols is 2. The lowest BCUT2D eigenvalue weighted by Crippen LogP contribution is -2.29. The van der Waals surface area contributed by atoms with Crippen molar-refractivity contribution in [2.45, 2.75) is 6.04 Å². The molecule has 1 atom stereocenters. The van der Waals surface area contributed by atoms with E-state index in [2.05, 4.69) is 0 Å². The highest BCUT2D eigenvalue weighted by Gasteiger charge is 2.47. The van der Waals surface area contributed by atoms with E-state index in [0.717, 1.165) is 10.8 Å². The van der Waals surface area contributed by atoms with E-state index in [-0.39, 0.29) is 28.5 Å². The molecule has 162 valence electrons. The molecule has 0 spiro atoms. The van der Waals surface area contributed by atoms with Gasteiger partial charge < -0.3 is 15.3 Å². The molecule has 0 aromatic heterocycles. The highest BCUT2D eigenvalue weighted by Crippen LogP contribution is 2.45. The molecule has 1 saturated heterocycles. The first-order chi connectivity index (χ1) is 16.0. The molecule has 33 heavy (non-hydrogen) atoms. The molecule has 1 aliphatic heterocycles. The average molecular weight is 437 g/mol. The highest BCUT2D eigenvalue weighted by atomic mass is 16.3. The summed E-state index contributed by atoms with van der Waals surface area (Å²) in [6.07, 6.45) is 0. The second-order valence-corrected chi connectivity index (χ2v) is 7.78. The van der Waals surface area contributed by atoms with Crippen LogP contribution in [0.25, 0.3) is 16.5 Å². The molecule has 6 nitrogen and oxygen atoms in total. The molecule has 5 rings (SSSR count). The molecule has 4 aromatic rings. The summed E-state index contributed by atoms with van der Waals surface area (Å²) in [5.41, 5.74) is 0.976. The molecule has 4 aromatic carbocycles. The highest BCUT2D eigenvalue weighted by molar-refractivity contribution is 6.52. The van der Waals surface area contributed by atoms with E-state index in [1.807, 2.05) is 30.3 Å². The van der Waals surface area contributed by atoms with Crippen molar-refractivity contribution in [3.63, 3.8) is 0 Å². The Bertz CT molecular complexity index is 1430. The van der Waals surface area contributed by atoms with Gasteiger partial charge in [-0.3, -0.25) is 14.5 Å². The van der Waals surface area contributed by atoms with E-state index in [1.165, 1.54) is 29.2 Å². The van der Waals surface area contributed by atoms with Crippen LogP contribution in [-0.2, 0) is 9.59 Å². The predicted molar refractivity (Wildman–Crippen MR) is 125 cm³/mol. The Labute approximate surface area is 189 Å². The Kier molecular flexibility index (Phi) is 4.83. The lowest BCUT2D eigenvalue weighted by atomic mass is 9.93. The van der Waals surface area contributed by atoms with Gasteiger partial charge in [-0.15, -0.1) is 0 Å². The van der Waals surface area contributed by atoms with E-state index >= 15 is 0 Å². The summed E-state index contributed by atoms with van der Waals surface area (Å²) in [5.74, 6) is -2.18. The SMILES string of the molecule is O=C1C(=O)N(c2ccccc2O)C(c2ccc(O)cc2)/C1=C(/O)c1cccc2ccccc12. The normalized spacial score (nSPS) is 17.6. The van der Waals surface area contributed by atoms with Gasteiger partial charge in [0, 0.05) is 5.56 Å². The minimum Gasteiger partial charge on any atom is -0.508 e. The zero-order chi connectivity index (χ0) is 23.1. The number of aliphatic hydroxyl groups excluding tert-OH is 1. The summed E-state index contributed by atoms with van der Waals surface area (Å²) in [6.45, 7) is 0. The third-order valence-electron chi connectivity index (χ3n) is 5.84. The number of carbonyl (C=O) groups is 2. The topological polar surface area (TPSA) is 98.1 Å². The molecule has 1 aliphatic rings. The Morgan fingerprint density at radius 1 is 0.758 bits per heavy atom. The summed E-state index contributed by atoms with van der Waals surface area (Å²) in [4.78, 5) is 27.6. The van der Waals surface area contributed by atoms with Crippen molar-refractivity contribution in [1.29, 1.82) is 0 Å². The number of fused-ring (bicyclic) bond motifs is 1. The number of nitrogens with zero attached hydrogens (tertiary/aromatic N) is 1. The molecule has 0 bridgehead atoms. The van der Waals surface area contributed by atoms with Gasteiger partial charge in [-0.05, 0) is 40.6 Å². The number of hydrogen-bond acceptors (Lipinski definition) is 5. The number of rotatable bonds is 3. The first kappa shape index (κ1) is 20.3. The summed E-state index contributed by atoms with van der Waals surface area (Å²) in [6, 6.07) is 24.0. The fourth-order valence-corrected chi connectivity index (χ4v) is 4.30. The smallest absolute Gasteiger partial charge is 0.300 e. The monoisotopic (exact) mass is 437 g/mol. The van der Waals surface area contributed by atoms with Gasteiger partial charge in [-0.1, -0.05) is 66.7 Å². The minimum absolute atomic E-state index is 0.0207. The summed E-state index contributed by atoms with van der Waals surface area (Å²) in [5, 5.41) is 33.2. The summed E-state index contributed by atoms with van der Waals surface area (Å²) >= 11 is 0. The first-order valence-electron chi connectivity index (χ1n) is 10.3. The zero-order valence-corrected chi connectivity index (χ0v) is 17.3. The number of anilines is 1. The second kappa shape index (κ2) is 7.84. The molecule has 0 aliphatic carbocycles. The maximum absolute atomic E-state index is 13.3. The third kappa shape index (κ3) is 3.29. The number of Topliss-reactive ketones (excluding diaryl/α,β-unsaturated/α-hetero) is 1. The zero-order valence-electron chi connectivity index (χ0n) is 17.3. The van der Waals surface area contributed by atoms with Gasteiger partial charge >= 0.3 is 0 Å². The van der Waals surface area contributed by atoms with Crippen LogP contribution in [0.4, 0.5) is 5.69 Å². The number of benzene rings is 4. The maximum atomic E-state index is 13.3. The summed E-state index contributed by atoms with van der Waals surface area (Å²) < 4.78 is 0. The van der Waals surface area contributed by atoms with E-state index < -0.39 is 17.7 Å². The van der Waals surface area contributed by atoms with Gasteiger partial charge in [0.25, 0.3) is 11.7 Å². The van der Waals surface area contributed by atoms with Crippen LogP contribution in [0.1, 0.15) is 17.2 Å². The number of aliphatic hydroxyl groups is 1. The Hall–Kier alpha value is -4.58. The molecule has 3 N–H and O–H groups in total. The van der Waals surface area contributed by atoms with Crippen LogP contribution in [-0.4, -0.2) is 27.0 Å². The molecule has 1 heterocycles. The quantitative estimate of drug-likeness (QED) is 0.241. The molecular weight excluding hydrogens is 418 g/mol. The van der Waals surface area contributed by atoms with E-state index in [9.17, 15) is 24.9 Å². The van der Waals surface area contributed by atoms with Crippen LogP contribution in [0.15, 0.2) is 96.6 Å². The average Bonchev–Trinajstić information content (AvgIpc) is 3.09. The van der Waals surface area contributed by atoms with Gasteiger partial charge in [-0.2, -0.15) is 0 Å². The van der Waals surface area contributed by atoms with Crippen molar-refractivity contribution in [1.82, 2.24) is 0 Å². The van der Waals surface area contributed by atoms with Crippen LogP contribution in [0.2, 0.25) is 0 Å². The third-order valence-corrected chi connectivity index (χ3v) is 5.84. The Balaban J connectivity index is 1.79. The molecule has 6 heteroatoms. The standard InChI is InChI=1S/C27H19NO5/c29-18-14-12-17(13-15-18)24-23(25(31)20-9-5-7-16-6-1-2-8-19(16)20)26(32)27(33)28(24)21-10-3-4-11-22(21)30/h1-15,24,29-31H/b25-23-. The fourth-order valence-electron chi connectivity index (χ4n) is 4.30. The van der Waals surface area contributed by atoms with Crippen molar-refractivity contribution in [2.24, 2.45) is 0 Å². The van der Waals surface area contributed by atoms with Crippen molar-refractivity contribution >= 4 is 33.9 Å². The van der Waals surface area contributed by atoms with E-state index in [4.69, 9.17) is 0 Å². The Morgan fingerprint density at radius 3 is 2.18 bits per heavy atom. The lowest BCUT2D eigenvalue weighted by molar-refractivity contribution is -0.132. The van der Waals surface area contributed by atoms with Crippen molar-refractivity contribution in [2.75, 3.05) is 4.90 Å². The lowest BCUT2D eigenvalue weighted by Gasteiger charge is -2.26. The second-order valence-electron chi connectivity index (χ2n) is 7.78. The number of para-hydroxylation sites is 2. The van der Waals surface area contributed by atoms with Crippen LogP contribution in [0, 0.1) is 0 Å². The minimum atomic E-state index is -1.00. The molecule has 1 fully saturated rings. The van der Waals surface area contributed by atoms with Gasteiger partial charge in [0.05, 0.1) is 17.3 Å². The first-order valence-corrected chi connectivity index (χ1v) is 10.3. The van der Waals surface area contributed by atoms with Crippen LogP contribution in [0.5, 0.6) is 11.5 Å². The van der Waals surface area contributed by atoms with Gasteiger partial charge in [-0.25, -0.2) is 0 Å². The van der Waals surface area contributed by atoms with E-state index in [1.54, 1.807) is 36.4 Å². The molecule has 0 saturated carbocycles. The van der Waals surface area contributed by atoms with E-state index in [0.29, 0.717) is 11.1 Å². The van der Waals surface area contributed by atoms with Gasteiger partial charge in [0.2, 0.25) is 0 Å². The molecule has 1 unspecified atom stereocenters. The number of hydrogen-bond donors (Lipinski definition) is 3. The van der Waals surface area contributed by atoms with Crippen molar-refractivity contribution < 1.29 is 24.9 Å². The van der Waals surface area contributed by atoms with Crippen LogP contribution >= 0.6 is 0 Å². The molecule has 1 amide bonds. The van der Waals surface area contributed by atoms with Gasteiger partial charge in [0.15, 0.2) is 0 Å². The number of phenolic OH excluding ortho intramolecular Hbond substituents is 2. The molecule has 0 radical (unpaired) electrons. The fraction of sp³-hybridized carbons (Fsp3) is 0.0370. The Morgan fingerprint density at radius 2 is 1.42 bits per heavy atom. The number of aromatic hydroxyl groups is 2. The predicted octanol–water partition coefficient (Wildman–Crippen LogP) is 4.88. The maximum Gasteiger partial charge on any atom is 0.300 e. The number of amides is 1.